The highest BCUT2D eigenvalue weighted by Crippen LogP contribution is 2.22. The summed E-state index contributed by atoms with van der Waals surface area (Å²) in [6, 6.07) is 4.38. The Morgan fingerprint density at radius 1 is 1.23 bits per heavy atom. The normalized spacial score (nSPS) is 16.0. The first-order chi connectivity index (χ1) is 6.43. The van der Waals surface area contributed by atoms with Crippen LogP contribution in [-0.2, 0) is 12.8 Å². The lowest BCUT2D eigenvalue weighted by molar-refractivity contribution is 0.671. The first-order valence-corrected chi connectivity index (χ1v) is 4.89. The van der Waals surface area contributed by atoms with E-state index in [0.717, 1.165) is 12.1 Å². The van der Waals surface area contributed by atoms with E-state index >= 15 is 0 Å². The van der Waals surface area contributed by atoms with Gasteiger partial charge in [0.2, 0.25) is 0 Å². The lowest BCUT2D eigenvalue weighted by Gasteiger charge is -2.13. The Morgan fingerprint density at radius 2 is 2.15 bits per heavy atom. The van der Waals surface area contributed by atoms with Crippen molar-refractivity contribution in [1.82, 2.24) is 9.97 Å². The van der Waals surface area contributed by atoms with Gasteiger partial charge in [0.15, 0.2) is 0 Å². The summed E-state index contributed by atoms with van der Waals surface area (Å²) in [5.41, 5.74) is 3.81. The molecule has 0 saturated heterocycles. The molecule has 0 spiro atoms. The summed E-state index contributed by atoms with van der Waals surface area (Å²) in [6.07, 6.45) is 6.95. The standard InChI is InChI=1S/C11H12N2/c1-2-4-10-8(3-1)7-9-5-6-12-11(9)13-10/h5-7H,1-4H2,(H,12,13). The highest BCUT2D eigenvalue weighted by atomic mass is 14.9. The molecule has 2 aromatic rings. The van der Waals surface area contributed by atoms with Crippen LogP contribution in [0.15, 0.2) is 18.3 Å². The molecule has 0 amide bonds. The quantitative estimate of drug-likeness (QED) is 0.649. The first-order valence-electron chi connectivity index (χ1n) is 4.89. The minimum absolute atomic E-state index is 1.04. The lowest BCUT2D eigenvalue weighted by atomic mass is 9.96. The van der Waals surface area contributed by atoms with Crippen molar-refractivity contribution in [2.75, 3.05) is 0 Å². The molecule has 0 aromatic carbocycles. The van der Waals surface area contributed by atoms with E-state index in [9.17, 15) is 0 Å². The van der Waals surface area contributed by atoms with Crippen LogP contribution in [0.4, 0.5) is 0 Å². The van der Waals surface area contributed by atoms with Gasteiger partial charge in [0.25, 0.3) is 0 Å². The zero-order chi connectivity index (χ0) is 8.67. The highest BCUT2D eigenvalue weighted by molar-refractivity contribution is 5.76. The van der Waals surface area contributed by atoms with Crippen molar-refractivity contribution in [3.05, 3.63) is 29.6 Å². The molecule has 0 radical (unpaired) electrons. The van der Waals surface area contributed by atoms with Crippen LogP contribution in [-0.4, -0.2) is 9.97 Å². The number of aromatic nitrogens is 2. The second-order valence-electron chi connectivity index (χ2n) is 3.72. The summed E-state index contributed by atoms with van der Waals surface area (Å²) in [6.45, 7) is 0. The van der Waals surface area contributed by atoms with E-state index in [0.29, 0.717) is 0 Å². The molecular formula is C11H12N2. The van der Waals surface area contributed by atoms with Crippen LogP contribution >= 0.6 is 0 Å². The molecule has 66 valence electrons. The summed E-state index contributed by atoms with van der Waals surface area (Å²) in [5.74, 6) is 0. The SMILES string of the molecule is c1cc2cc3c(nc2[nH]1)CCCC3. The van der Waals surface area contributed by atoms with Gasteiger partial charge in [-0.3, -0.25) is 0 Å². The van der Waals surface area contributed by atoms with Gasteiger partial charge in [-0.25, -0.2) is 4.98 Å². The molecule has 0 atom stereocenters. The van der Waals surface area contributed by atoms with Gasteiger partial charge < -0.3 is 4.98 Å². The van der Waals surface area contributed by atoms with E-state index in [1.807, 2.05) is 6.20 Å². The third-order valence-corrected chi connectivity index (χ3v) is 2.81. The molecule has 0 saturated carbocycles. The number of aryl methyl sites for hydroxylation is 2. The maximum Gasteiger partial charge on any atom is 0.137 e. The van der Waals surface area contributed by atoms with Crippen LogP contribution < -0.4 is 0 Å². The van der Waals surface area contributed by atoms with E-state index in [4.69, 9.17) is 0 Å². The molecule has 2 nitrogen and oxygen atoms in total. The fourth-order valence-electron chi connectivity index (χ4n) is 2.10. The van der Waals surface area contributed by atoms with Gasteiger partial charge in [-0.1, -0.05) is 0 Å². The maximum atomic E-state index is 4.62. The zero-order valence-corrected chi connectivity index (χ0v) is 7.51. The van der Waals surface area contributed by atoms with E-state index < -0.39 is 0 Å². The van der Waals surface area contributed by atoms with Gasteiger partial charge in [0.1, 0.15) is 5.65 Å². The fraction of sp³-hybridized carbons (Fsp3) is 0.364. The number of nitrogens with zero attached hydrogens (tertiary/aromatic N) is 1. The molecule has 1 aliphatic rings. The van der Waals surface area contributed by atoms with Crippen LogP contribution in [0.5, 0.6) is 0 Å². The molecule has 1 N–H and O–H groups in total. The second-order valence-corrected chi connectivity index (χ2v) is 3.72. The predicted molar refractivity (Wildman–Crippen MR) is 52.7 cm³/mol. The van der Waals surface area contributed by atoms with Gasteiger partial charge in [0.05, 0.1) is 0 Å². The van der Waals surface area contributed by atoms with Crippen molar-refractivity contribution in [1.29, 1.82) is 0 Å². The largest absolute Gasteiger partial charge is 0.346 e. The van der Waals surface area contributed by atoms with Gasteiger partial charge in [-0.15, -0.1) is 0 Å². The molecule has 3 rings (SSSR count). The average Bonchev–Trinajstić information content (AvgIpc) is 2.61. The summed E-state index contributed by atoms with van der Waals surface area (Å²) >= 11 is 0. The van der Waals surface area contributed by atoms with Crippen molar-refractivity contribution < 1.29 is 0 Å². The van der Waals surface area contributed by atoms with Crippen LogP contribution in [0.1, 0.15) is 24.1 Å². The number of aromatic amines is 1. The van der Waals surface area contributed by atoms with E-state index in [-0.39, 0.29) is 0 Å². The molecule has 0 bridgehead atoms. The summed E-state index contributed by atoms with van der Waals surface area (Å²) < 4.78 is 0. The minimum Gasteiger partial charge on any atom is -0.346 e. The highest BCUT2D eigenvalue weighted by Gasteiger charge is 2.11. The molecular weight excluding hydrogens is 160 g/mol. The third kappa shape index (κ3) is 1.05. The molecule has 0 fully saturated rings. The van der Waals surface area contributed by atoms with Crippen molar-refractivity contribution in [2.45, 2.75) is 25.7 Å². The maximum absolute atomic E-state index is 4.62. The average molecular weight is 172 g/mol. The van der Waals surface area contributed by atoms with Crippen molar-refractivity contribution in [3.8, 4) is 0 Å². The summed E-state index contributed by atoms with van der Waals surface area (Å²) in [7, 11) is 0. The van der Waals surface area contributed by atoms with E-state index in [2.05, 4.69) is 22.1 Å². The van der Waals surface area contributed by atoms with Gasteiger partial charge >= 0.3 is 0 Å². The number of fused-ring (bicyclic) bond motifs is 2. The van der Waals surface area contributed by atoms with Crippen LogP contribution in [0.3, 0.4) is 0 Å². The number of rotatable bonds is 0. The van der Waals surface area contributed by atoms with Crippen molar-refractivity contribution in [3.63, 3.8) is 0 Å². The van der Waals surface area contributed by atoms with E-state index in [1.54, 1.807) is 0 Å². The van der Waals surface area contributed by atoms with Gasteiger partial charge in [-0.2, -0.15) is 0 Å². The first kappa shape index (κ1) is 7.13. The topological polar surface area (TPSA) is 28.7 Å². The molecule has 2 heterocycles. The number of pyridine rings is 1. The second kappa shape index (κ2) is 2.59. The van der Waals surface area contributed by atoms with E-state index in [1.165, 1.54) is 35.9 Å². The smallest absolute Gasteiger partial charge is 0.137 e. The minimum atomic E-state index is 1.04. The monoisotopic (exact) mass is 172 g/mol. The predicted octanol–water partition coefficient (Wildman–Crippen LogP) is 2.44. The molecule has 13 heavy (non-hydrogen) atoms. The molecule has 0 unspecified atom stereocenters. The molecule has 0 aliphatic heterocycles. The number of hydrogen-bond acceptors (Lipinski definition) is 1. The Kier molecular flexibility index (Phi) is 1.42. The zero-order valence-electron chi connectivity index (χ0n) is 7.51. The molecule has 2 heteroatoms. The molecule has 1 aliphatic carbocycles. The number of nitrogens with one attached hydrogen (secondary N) is 1. The summed E-state index contributed by atoms with van der Waals surface area (Å²) in [5, 5.41) is 1.25. The van der Waals surface area contributed by atoms with Crippen molar-refractivity contribution in [2.24, 2.45) is 0 Å². The fourth-order valence-corrected chi connectivity index (χ4v) is 2.10. The Bertz CT molecular complexity index is 402. The summed E-state index contributed by atoms with van der Waals surface area (Å²) in [4.78, 5) is 7.78. The van der Waals surface area contributed by atoms with Crippen LogP contribution in [0.2, 0.25) is 0 Å². The van der Waals surface area contributed by atoms with Crippen LogP contribution in [0, 0.1) is 0 Å². The number of hydrogen-bond donors (Lipinski definition) is 1. The van der Waals surface area contributed by atoms with Crippen LogP contribution in [0.25, 0.3) is 11.0 Å². The van der Waals surface area contributed by atoms with Crippen molar-refractivity contribution >= 4 is 11.0 Å². The molecule has 2 aromatic heterocycles. The third-order valence-electron chi connectivity index (χ3n) is 2.81. The Hall–Kier alpha value is -1.31. The Morgan fingerprint density at radius 3 is 3.15 bits per heavy atom. The Balaban J connectivity index is 2.28. The Labute approximate surface area is 77.0 Å². The van der Waals surface area contributed by atoms with Gasteiger partial charge in [0, 0.05) is 17.3 Å². The number of H-pyrrole nitrogens is 1. The van der Waals surface area contributed by atoms with Gasteiger partial charge in [-0.05, 0) is 43.4 Å². The lowest BCUT2D eigenvalue weighted by Crippen LogP contribution is -2.04.